The van der Waals surface area contributed by atoms with Crippen molar-refractivity contribution in [1.82, 2.24) is 19.5 Å². The van der Waals surface area contributed by atoms with Gasteiger partial charge in [0.1, 0.15) is 0 Å². The van der Waals surface area contributed by atoms with E-state index in [4.69, 9.17) is 15.0 Å². The molecule has 11 rings (SSSR count). The lowest BCUT2D eigenvalue weighted by Crippen LogP contribution is -1.94. The Morgan fingerprint density at radius 1 is 0.316 bits per heavy atom. The number of aromatic nitrogens is 4. The Morgan fingerprint density at radius 2 is 0.930 bits per heavy atom. The van der Waals surface area contributed by atoms with Gasteiger partial charge in [0.25, 0.3) is 0 Å². The Kier molecular flexibility index (Phi) is 7.78. The molecule has 57 heavy (non-hydrogen) atoms. The molecule has 0 fully saturated rings. The van der Waals surface area contributed by atoms with Crippen molar-refractivity contribution in [3.63, 3.8) is 0 Å². The fraction of sp³-hybridized carbons (Fsp3) is 0. The van der Waals surface area contributed by atoms with Gasteiger partial charge < -0.3 is 4.57 Å². The largest absolute Gasteiger partial charge is 0.308 e. The van der Waals surface area contributed by atoms with Crippen LogP contribution >= 0.6 is 0 Å². The molecule has 0 bridgehead atoms. The van der Waals surface area contributed by atoms with E-state index in [0.29, 0.717) is 0 Å². The van der Waals surface area contributed by atoms with Crippen molar-refractivity contribution in [3.05, 3.63) is 206 Å². The van der Waals surface area contributed by atoms with Gasteiger partial charge in [0.05, 0.1) is 39.3 Å². The maximum atomic E-state index is 5.25. The van der Waals surface area contributed by atoms with Gasteiger partial charge in [-0.15, -0.1) is 0 Å². The third kappa shape index (κ3) is 5.92. The van der Waals surface area contributed by atoms with Gasteiger partial charge in [0, 0.05) is 28.4 Å². The lowest BCUT2D eigenvalue weighted by Gasteiger charge is -2.12. The Labute approximate surface area is 330 Å². The average molecular weight is 727 g/mol. The zero-order chi connectivity index (χ0) is 37.7. The van der Waals surface area contributed by atoms with Crippen molar-refractivity contribution in [2.75, 3.05) is 0 Å². The SMILES string of the molecule is c1ccc(-c2cccc(-c3cc(-c4ccc5ccccc5c4)cc(-c4ccc(-c5ccc6c(c5)c5ncccc5n6-c5ccc6ccccc6c5)cc4)n3)n2)cc1. The summed E-state index contributed by atoms with van der Waals surface area (Å²) in [4.78, 5) is 15.2. The summed E-state index contributed by atoms with van der Waals surface area (Å²) in [6, 6.07) is 70.8. The van der Waals surface area contributed by atoms with Crippen LogP contribution in [0.15, 0.2) is 206 Å². The molecule has 0 aliphatic rings. The highest BCUT2D eigenvalue weighted by molar-refractivity contribution is 6.08. The first-order chi connectivity index (χ1) is 28.2. The van der Waals surface area contributed by atoms with Crippen LogP contribution < -0.4 is 0 Å². The van der Waals surface area contributed by atoms with Crippen LogP contribution in [-0.2, 0) is 0 Å². The molecule has 0 saturated carbocycles. The maximum absolute atomic E-state index is 5.25. The van der Waals surface area contributed by atoms with Crippen LogP contribution in [0.3, 0.4) is 0 Å². The van der Waals surface area contributed by atoms with Gasteiger partial charge in [0.15, 0.2) is 0 Å². The highest BCUT2D eigenvalue weighted by atomic mass is 15.0. The van der Waals surface area contributed by atoms with Crippen LogP contribution in [0.25, 0.3) is 105 Å². The summed E-state index contributed by atoms with van der Waals surface area (Å²) >= 11 is 0. The highest BCUT2D eigenvalue weighted by Gasteiger charge is 2.16. The van der Waals surface area contributed by atoms with Gasteiger partial charge in [0.2, 0.25) is 0 Å². The Balaban J connectivity index is 0.999. The third-order valence-electron chi connectivity index (χ3n) is 11.0. The zero-order valence-corrected chi connectivity index (χ0v) is 30.9. The Bertz CT molecular complexity index is 3290. The first-order valence-corrected chi connectivity index (χ1v) is 19.3. The second kappa shape index (κ2) is 13.6. The fourth-order valence-electron chi connectivity index (χ4n) is 8.13. The van der Waals surface area contributed by atoms with Gasteiger partial charge in [-0.25, -0.2) is 9.97 Å². The molecule has 0 spiro atoms. The molecule has 0 aliphatic carbocycles. The molecular weight excluding hydrogens is 693 g/mol. The molecule has 11 aromatic rings. The van der Waals surface area contributed by atoms with Crippen molar-refractivity contribution in [2.24, 2.45) is 0 Å². The zero-order valence-electron chi connectivity index (χ0n) is 30.9. The molecule has 266 valence electrons. The number of nitrogens with zero attached hydrogens (tertiary/aromatic N) is 4. The van der Waals surface area contributed by atoms with Crippen LogP contribution in [0.2, 0.25) is 0 Å². The lowest BCUT2D eigenvalue weighted by atomic mass is 9.97. The molecule has 0 unspecified atom stereocenters. The van der Waals surface area contributed by atoms with E-state index in [0.717, 1.165) is 83.8 Å². The average Bonchev–Trinajstić information content (AvgIpc) is 3.62. The van der Waals surface area contributed by atoms with Crippen molar-refractivity contribution >= 4 is 43.5 Å². The van der Waals surface area contributed by atoms with Crippen molar-refractivity contribution in [2.45, 2.75) is 0 Å². The van der Waals surface area contributed by atoms with E-state index < -0.39 is 0 Å². The summed E-state index contributed by atoms with van der Waals surface area (Å²) in [5, 5.41) is 5.99. The van der Waals surface area contributed by atoms with E-state index in [2.05, 4.69) is 174 Å². The summed E-state index contributed by atoms with van der Waals surface area (Å²) in [5.41, 5.74) is 14.4. The molecule has 4 aromatic heterocycles. The van der Waals surface area contributed by atoms with E-state index >= 15 is 0 Å². The van der Waals surface area contributed by atoms with Crippen LogP contribution in [0.5, 0.6) is 0 Å². The molecule has 0 N–H and O–H groups in total. The number of pyridine rings is 3. The molecule has 4 nitrogen and oxygen atoms in total. The summed E-state index contributed by atoms with van der Waals surface area (Å²) in [6.45, 7) is 0. The van der Waals surface area contributed by atoms with E-state index in [9.17, 15) is 0 Å². The molecule has 0 amide bonds. The van der Waals surface area contributed by atoms with E-state index in [-0.39, 0.29) is 0 Å². The number of hydrogen-bond acceptors (Lipinski definition) is 3. The molecule has 7 aromatic carbocycles. The summed E-state index contributed by atoms with van der Waals surface area (Å²) < 4.78 is 2.33. The molecule has 4 heterocycles. The minimum absolute atomic E-state index is 0.832. The van der Waals surface area contributed by atoms with Gasteiger partial charge in [-0.3, -0.25) is 4.98 Å². The van der Waals surface area contributed by atoms with E-state index in [1.807, 2.05) is 36.5 Å². The monoisotopic (exact) mass is 726 g/mol. The molecule has 0 aliphatic heterocycles. The Morgan fingerprint density at radius 3 is 1.75 bits per heavy atom. The maximum Gasteiger partial charge on any atom is 0.0963 e. The van der Waals surface area contributed by atoms with Crippen molar-refractivity contribution in [3.8, 4) is 61.8 Å². The Hall–Kier alpha value is -7.69. The number of rotatable bonds is 6. The molecule has 0 atom stereocenters. The first kappa shape index (κ1) is 32.7. The number of fused-ring (bicyclic) bond motifs is 5. The summed E-state index contributed by atoms with van der Waals surface area (Å²) in [6.07, 6.45) is 1.88. The fourth-order valence-corrected chi connectivity index (χ4v) is 8.13. The van der Waals surface area contributed by atoms with Gasteiger partial charge in [-0.2, -0.15) is 0 Å². The van der Waals surface area contributed by atoms with Gasteiger partial charge in [-0.1, -0.05) is 133 Å². The molecule has 4 heteroatoms. The summed E-state index contributed by atoms with van der Waals surface area (Å²) in [7, 11) is 0. The van der Waals surface area contributed by atoms with Gasteiger partial charge in [-0.05, 0) is 111 Å². The first-order valence-electron chi connectivity index (χ1n) is 19.3. The minimum atomic E-state index is 0.832. The van der Waals surface area contributed by atoms with Crippen molar-refractivity contribution in [1.29, 1.82) is 0 Å². The van der Waals surface area contributed by atoms with Crippen LogP contribution in [0, 0.1) is 0 Å². The normalized spacial score (nSPS) is 11.5. The second-order valence-electron chi connectivity index (χ2n) is 14.5. The van der Waals surface area contributed by atoms with E-state index in [1.165, 1.54) is 21.5 Å². The number of hydrogen-bond donors (Lipinski definition) is 0. The summed E-state index contributed by atoms with van der Waals surface area (Å²) in [5.74, 6) is 0. The topological polar surface area (TPSA) is 43.6 Å². The van der Waals surface area contributed by atoms with Crippen molar-refractivity contribution < 1.29 is 0 Å². The van der Waals surface area contributed by atoms with Crippen LogP contribution in [-0.4, -0.2) is 19.5 Å². The molecular formula is C53H34N4. The highest BCUT2D eigenvalue weighted by Crippen LogP contribution is 2.36. The third-order valence-corrected chi connectivity index (χ3v) is 11.0. The predicted molar refractivity (Wildman–Crippen MR) is 236 cm³/mol. The lowest BCUT2D eigenvalue weighted by molar-refractivity contribution is 1.18. The predicted octanol–water partition coefficient (Wildman–Crippen LogP) is 13.6. The number of benzene rings is 7. The van der Waals surface area contributed by atoms with Crippen LogP contribution in [0.4, 0.5) is 0 Å². The molecule has 0 radical (unpaired) electrons. The van der Waals surface area contributed by atoms with Gasteiger partial charge >= 0.3 is 0 Å². The van der Waals surface area contributed by atoms with E-state index in [1.54, 1.807) is 0 Å². The quantitative estimate of drug-likeness (QED) is 0.171. The standard InChI is InChI=1S/C53H34N4/c1-2-12-38(13-3-1)47-16-8-17-48(55-47)50-34-44(42-24-21-35-10-4-6-14-40(35)30-42)33-49(56-50)39-22-19-37(20-23-39)43-26-28-51-46(32-43)53-52(18-9-29-54-53)57(51)45-27-25-36-11-5-7-15-41(36)31-45/h1-34H. The molecule has 0 saturated heterocycles. The second-order valence-corrected chi connectivity index (χ2v) is 14.5. The van der Waals surface area contributed by atoms with Crippen LogP contribution in [0.1, 0.15) is 0 Å². The smallest absolute Gasteiger partial charge is 0.0963 e. The minimum Gasteiger partial charge on any atom is -0.308 e.